The summed E-state index contributed by atoms with van der Waals surface area (Å²) in [6.07, 6.45) is 3.67. The number of rotatable bonds is 6. The molecule has 2 rings (SSSR count). The zero-order valence-electron chi connectivity index (χ0n) is 9.15. The van der Waals surface area contributed by atoms with E-state index in [0.717, 1.165) is 12.3 Å². The Labute approximate surface area is 99.2 Å². The van der Waals surface area contributed by atoms with Crippen molar-refractivity contribution in [1.82, 2.24) is 15.0 Å². The standard InChI is InChI=1S/C10H14ClN3O2/c1-2-15-9-12-8(11)13-10(14-9)16-6-5-7-3-4-7/h7H,2-6H2,1H3. The predicted molar refractivity (Wildman–Crippen MR) is 58.8 cm³/mol. The number of ether oxygens (including phenoxy) is 2. The summed E-state index contributed by atoms with van der Waals surface area (Å²) in [7, 11) is 0. The Hall–Kier alpha value is -1.10. The molecule has 0 aliphatic heterocycles. The molecule has 0 N–H and O–H groups in total. The van der Waals surface area contributed by atoms with E-state index < -0.39 is 0 Å². The molecule has 1 aliphatic carbocycles. The summed E-state index contributed by atoms with van der Waals surface area (Å²) in [4.78, 5) is 11.7. The molecule has 0 unspecified atom stereocenters. The van der Waals surface area contributed by atoms with Crippen LogP contribution in [0, 0.1) is 5.92 Å². The molecule has 1 aromatic heterocycles. The SMILES string of the molecule is CCOc1nc(Cl)nc(OCCC2CC2)n1. The molecule has 1 fully saturated rings. The van der Waals surface area contributed by atoms with Crippen LogP contribution in [-0.4, -0.2) is 28.2 Å². The van der Waals surface area contributed by atoms with Gasteiger partial charge < -0.3 is 9.47 Å². The summed E-state index contributed by atoms with van der Waals surface area (Å²) in [6, 6.07) is 0.452. The third-order valence-electron chi connectivity index (χ3n) is 2.29. The highest BCUT2D eigenvalue weighted by Gasteiger charge is 2.21. The Kier molecular flexibility index (Phi) is 3.77. The van der Waals surface area contributed by atoms with Crippen molar-refractivity contribution in [1.29, 1.82) is 0 Å². The van der Waals surface area contributed by atoms with Gasteiger partial charge in [-0.25, -0.2) is 0 Å². The first-order chi connectivity index (χ1) is 7.78. The monoisotopic (exact) mass is 243 g/mol. The van der Waals surface area contributed by atoms with Crippen LogP contribution in [0.15, 0.2) is 0 Å². The predicted octanol–water partition coefficient (Wildman–Crippen LogP) is 2.10. The molecular formula is C10H14ClN3O2. The molecule has 0 spiro atoms. The van der Waals surface area contributed by atoms with Crippen LogP contribution in [-0.2, 0) is 0 Å². The smallest absolute Gasteiger partial charge is 0.323 e. The quantitative estimate of drug-likeness (QED) is 0.766. The van der Waals surface area contributed by atoms with Crippen molar-refractivity contribution in [3.8, 4) is 12.0 Å². The molecule has 0 saturated heterocycles. The average molecular weight is 244 g/mol. The Morgan fingerprint density at radius 2 is 1.88 bits per heavy atom. The number of nitrogens with zero attached hydrogens (tertiary/aromatic N) is 3. The van der Waals surface area contributed by atoms with Crippen LogP contribution in [0.2, 0.25) is 5.28 Å². The zero-order valence-corrected chi connectivity index (χ0v) is 9.90. The maximum absolute atomic E-state index is 5.72. The molecule has 5 nitrogen and oxygen atoms in total. The van der Waals surface area contributed by atoms with Crippen molar-refractivity contribution in [2.45, 2.75) is 26.2 Å². The third-order valence-corrected chi connectivity index (χ3v) is 2.46. The highest BCUT2D eigenvalue weighted by molar-refractivity contribution is 6.28. The molecule has 0 bridgehead atoms. The molecule has 1 saturated carbocycles. The Balaban J connectivity index is 1.90. The fraction of sp³-hybridized carbons (Fsp3) is 0.700. The second-order valence-corrected chi connectivity index (χ2v) is 4.02. The molecule has 6 heteroatoms. The fourth-order valence-corrected chi connectivity index (χ4v) is 1.44. The van der Waals surface area contributed by atoms with Crippen LogP contribution in [0.3, 0.4) is 0 Å². The van der Waals surface area contributed by atoms with Gasteiger partial charge in [0.1, 0.15) is 0 Å². The summed E-state index contributed by atoms with van der Waals surface area (Å²) in [5.41, 5.74) is 0. The highest BCUT2D eigenvalue weighted by atomic mass is 35.5. The highest BCUT2D eigenvalue weighted by Crippen LogP contribution is 2.32. The van der Waals surface area contributed by atoms with Crippen molar-refractivity contribution < 1.29 is 9.47 Å². The van der Waals surface area contributed by atoms with Crippen LogP contribution in [0.1, 0.15) is 26.2 Å². The van der Waals surface area contributed by atoms with Gasteiger partial charge in [0.2, 0.25) is 5.28 Å². The lowest BCUT2D eigenvalue weighted by Gasteiger charge is -2.05. The van der Waals surface area contributed by atoms with Gasteiger partial charge in [-0.3, -0.25) is 0 Å². The number of halogens is 1. The molecular weight excluding hydrogens is 230 g/mol. The van der Waals surface area contributed by atoms with Crippen molar-refractivity contribution in [3.63, 3.8) is 0 Å². The van der Waals surface area contributed by atoms with E-state index in [9.17, 15) is 0 Å². The molecule has 88 valence electrons. The van der Waals surface area contributed by atoms with Crippen molar-refractivity contribution in [3.05, 3.63) is 5.28 Å². The number of aromatic nitrogens is 3. The van der Waals surface area contributed by atoms with Crippen LogP contribution in [0.4, 0.5) is 0 Å². The van der Waals surface area contributed by atoms with E-state index in [1.54, 1.807) is 0 Å². The summed E-state index contributed by atoms with van der Waals surface area (Å²) in [6.45, 7) is 2.96. The van der Waals surface area contributed by atoms with Crippen molar-refractivity contribution >= 4 is 11.6 Å². The van der Waals surface area contributed by atoms with Gasteiger partial charge in [-0.15, -0.1) is 4.98 Å². The van der Waals surface area contributed by atoms with Crippen molar-refractivity contribution in [2.75, 3.05) is 13.2 Å². The van der Waals surface area contributed by atoms with Gasteiger partial charge in [0.05, 0.1) is 13.2 Å². The first-order valence-corrected chi connectivity index (χ1v) is 5.83. The van der Waals surface area contributed by atoms with E-state index in [1.807, 2.05) is 6.92 Å². The lowest BCUT2D eigenvalue weighted by atomic mass is 10.3. The summed E-state index contributed by atoms with van der Waals surface area (Å²) < 4.78 is 10.5. The summed E-state index contributed by atoms with van der Waals surface area (Å²) in [5, 5.41) is 0.0971. The van der Waals surface area contributed by atoms with Crippen LogP contribution in [0.25, 0.3) is 0 Å². The Bertz CT molecular complexity index is 358. The first-order valence-electron chi connectivity index (χ1n) is 5.45. The van der Waals surface area contributed by atoms with Crippen LogP contribution < -0.4 is 9.47 Å². The van der Waals surface area contributed by atoms with E-state index in [2.05, 4.69) is 15.0 Å². The molecule has 1 aliphatic rings. The summed E-state index contributed by atoms with van der Waals surface area (Å²) >= 11 is 5.72. The van der Waals surface area contributed by atoms with E-state index in [0.29, 0.717) is 13.2 Å². The van der Waals surface area contributed by atoms with Gasteiger partial charge >= 0.3 is 12.0 Å². The molecule has 0 radical (unpaired) electrons. The number of hydrogen-bond donors (Lipinski definition) is 0. The molecule has 0 atom stereocenters. The minimum Gasteiger partial charge on any atom is -0.464 e. The number of hydrogen-bond acceptors (Lipinski definition) is 5. The lowest BCUT2D eigenvalue weighted by molar-refractivity contribution is 0.261. The van der Waals surface area contributed by atoms with Gasteiger partial charge in [0.25, 0.3) is 0 Å². The maximum atomic E-state index is 5.72. The van der Waals surface area contributed by atoms with Gasteiger partial charge in [-0.05, 0) is 30.9 Å². The van der Waals surface area contributed by atoms with Crippen molar-refractivity contribution in [2.24, 2.45) is 5.92 Å². The van der Waals surface area contributed by atoms with Crippen LogP contribution in [0.5, 0.6) is 12.0 Å². The molecule has 1 heterocycles. The largest absolute Gasteiger partial charge is 0.464 e. The van der Waals surface area contributed by atoms with E-state index >= 15 is 0 Å². The van der Waals surface area contributed by atoms with E-state index in [1.165, 1.54) is 12.8 Å². The fourth-order valence-electron chi connectivity index (χ4n) is 1.30. The Morgan fingerprint density at radius 3 is 2.50 bits per heavy atom. The van der Waals surface area contributed by atoms with E-state index in [4.69, 9.17) is 21.1 Å². The van der Waals surface area contributed by atoms with Crippen LogP contribution >= 0.6 is 11.6 Å². The topological polar surface area (TPSA) is 57.1 Å². The van der Waals surface area contributed by atoms with Gasteiger partial charge in [-0.1, -0.05) is 12.8 Å². The van der Waals surface area contributed by atoms with Gasteiger partial charge in [0.15, 0.2) is 0 Å². The molecule has 16 heavy (non-hydrogen) atoms. The average Bonchev–Trinajstić information content (AvgIpc) is 3.01. The molecule has 0 amide bonds. The van der Waals surface area contributed by atoms with Gasteiger partial charge in [0, 0.05) is 0 Å². The third kappa shape index (κ3) is 3.48. The normalized spacial score (nSPS) is 14.9. The Morgan fingerprint density at radius 1 is 1.19 bits per heavy atom. The van der Waals surface area contributed by atoms with E-state index in [-0.39, 0.29) is 17.3 Å². The molecule has 1 aromatic rings. The molecule has 0 aromatic carbocycles. The lowest BCUT2D eigenvalue weighted by Crippen LogP contribution is -2.05. The second kappa shape index (κ2) is 5.30. The zero-order chi connectivity index (χ0) is 11.4. The minimum atomic E-state index is 0.0971. The van der Waals surface area contributed by atoms with Gasteiger partial charge in [-0.2, -0.15) is 9.97 Å². The summed E-state index contributed by atoms with van der Waals surface area (Å²) in [5.74, 6) is 0.823. The second-order valence-electron chi connectivity index (χ2n) is 3.68. The maximum Gasteiger partial charge on any atom is 0.323 e. The first kappa shape index (κ1) is 11.4. The minimum absolute atomic E-state index is 0.0971.